The van der Waals surface area contributed by atoms with Crippen LogP contribution in [0.1, 0.15) is 32.2 Å². The first-order valence-corrected chi connectivity index (χ1v) is 6.58. The molecule has 0 aliphatic heterocycles. The molecule has 1 aliphatic rings. The van der Waals surface area contributed by atoms with Gasteiger partial charge in [0.15, 0.2) is 5.82 Å². The van der Waals surface area contributed by atoms with Gasteiger partial charge < -0.3 is 11.5 Å². The zero-order chi connectivity index (χ0) is 13.4. The highest BCUT2D eigenvalue weighted by atomic mass is 15.5. The number of nitrogens with zero attached hydrogens (tertiary/aromatic N) is 4. The number of aromatic nitrogens is 4. The minimum atomic E-state index is 0.292. The highest BCUT2D eigenvalue weighted by Crippen LogP contribution is 2.37. The summed E-state index contributed by atoms with van der Waals surface area (Å²) in [6, 6.07) is 5.72. The van der Waals surface area contributed by atoms with Gasteiger partial charge in [0.05, 0.1) is 6.04 Å². The molecule has 1 aromatic carbocycles. The molecule has 1 fully saturated rings. The van der Waals surface area contributed by atoms with Gasteiger partial charge in [-0.05, 0) is 47.9 Å². The molecule has 1 saturated carbocycles. The lowest BCUT2D eigenvalue weighted by Gasteiger charge is -2.13. The molecule has 0 spiro atoms. The molecular weight excluding hydrogens is 240 g/mol. The molecule has 6 nitrogen and oxygen atoms in total. The van der Waals surface area contributed by atoms with Crippen LogP contribution in [-0.4, -0.2) is 20.2 Å². The summed E-state index contributed by atoms with van der Waals surface area (Å²) >= 11 is 0. The second-order valence-corrected chi connectivity index (χ2v) is 5.36. The first kappa shape index (κ1) is 12.0. The van der Waals surface area contributed by atoms with E-state index in [-0.39, 0.29) is 0 Å². The topological polar surface area (TPSA) is 95.6 Å². The Balaban J connectivity index is 1.93. The van der Waals surface area contributed by atoms with E-state index in [9.17, 15) is 0 Å². The molecule has 0 bridgehead atoms. The number of nitrogen functional groups attached to an aromatic ring is 2. The van der Waals surface area contributed by atoms with Crippen LogP contribution in [0.15, 0.2) is 18.2 Å². The van der Waals surface area contributed by atoms with Gasteiger partial charge in [0.2, 0.25) is 0 Å². The van der Waals surface area contributed by atoms with Crippen molar-refractivity contribution in [1.29, 1.82) is 0 Å². The Hall–Kier alpha value is -2.11. The molecule has 1 unspecified atom stereocenters. The van der Waals surface area contributed by atoms with Gasteiger partial charge in [0.1, 0.15) is 0 Å². The van der Waals surface area contributed by atoms with Gasteiger partial charge >= 0.3 is 0 Å². The molecule has 4 N–H and O–H groups in total. The van der Waals surface area contributed by atoms with E-state index in [2.05, 4.69) is 22.4 Å². The fraction of sp³-hybridized carbons (Fsp3) is 0.462. The summed E-state index contributed by atoms with van der Waals surface area (Å²) in [4.78, 5) is 0. The Morgan fingerprint density at radius 1 is 1.26 bits per heavy atom. The molecule has 2 aromatic rings. The van der Waals surface area contributed by atoms with E-state index in [0.29, 0.717) is 17.4 Å². The van der Waals surface area contributed by atoms with Crippen LogP contribution in [0.4, 0.5) is 11.4 Å². The summed E-state index contributed by atoms with van der Waals surface area (Å²) in [6.45, 7) is 2.15. The van der Waals surface area contributed by atoms with Gasteiger partial charge in [-0.2, -0.15) is 0 Å². The predicted molar refractivity (Wildman–Crippen MR) is 74.1 cm³/mol. The largest absolute Gasteiger partial charge is 0.399 e. The summed E-state index contributed by atoms with van der Waals surface area (Å²) in [5.41, 5.74) is 13.8. The molecule has 3 rings (SSSR count). The third kappa shape index (κ3) is 2.52. The first-order chi connectivity index (χ1) is 9.13. The van der Waals surface area contributed by atoms with Gasteiger partial charge in [-0.3, -0.25) is 0 Å². The van der Waals surface area contributed by atoms with E-state index < -0.39 is 0 Å². The normalized spacial score (nSPS) is 16.5. The second kappa shape index (κ2) is 4.53. The van der Waals surface area contributed by atoms with E-state index in [1.54, 1.807) is 6.07 Å². The molecule has 1 atom stereocenters. The smallest absolute Gasteiger partial charge is 0.182 e. The predicted octanol–water partition coefficient (Wildman–Crippen LogP) is 1.87. The highest BCUT2D eigenvalue weighted by molar-refractivity contribution is 5.67. The van der Waals surface area contributed by atoms with Gasteiger partial charge in [0, 0.05) is 16.9 Å². The summed E-state index contributed by atoms with van der Waals surface area (Å²) in [5, 5.41) is 12.0. The van der Waals surface area contributed by atoms with Crippen LogP contribution in [0.2, 0.25) is 0 Å². The minimum absolute atomic E-state index is 0.292. The number of hydrogen-bond acceptors (Lipinski definition) is 5. The van der Waals surface area contributed by atoms with Crippen LogP contribution in [0, 0.1) is 5.92 Å². The number of rotatable bonds is 4. The van der Waals surface area contributed by atoms with Crippen molar-refractivity contribution in [2.75, 3.05) is 11.5 Å². The zero-order valence-corrected chi connectivity index (χ0v) is 11.0. The lowest BCUT2D eigenvalue weighted by Crippen LogP contribution is -2.10. The molecule has 0 radical (unpaired) electrons. The van der Waals surface area contributed by atoms with Gasteiger partial charge in [-0.1, -0.05) is 12.8 Å². The van der Waals surface area contributed by atoms with Crippen LogP contribution in [-0.2, 0) is 0 Å². The number of nitrogens with two attached hydrogens (primary N) is 2. The van der Waals surface area contributed by atoms with Crippen molar-refractivity contribution in [2.24, 2.45) is 5.92 Å². The molecule has 0 saturated heterocycles. The van der Waals surface area contributed by atoms with E-state index in [0.717, 1.165) is 23.7 Å². The van der Waals surface area contributed by atoms with Crippen LogP contribution < -0.4 is 11.5 Å². The Kier molecular flexibility index (Phi) is 2.85. The Labute approximate surface area is 111 Å². The molecule has 1 heterocycles. The monoisotopic (exact) mass is 258 g/mol. The highest BCUT2D eigenvalue weighted by Gasteiger charge is 2.26. The van der Waals surface area contributed by atoms with Crippen molar-refractivity contribution in [2.45, 2.75) is 32.2 Å². The van der Waals surface area contributed by atoms with E-state index in [4.69, 9.17) is 11.5 Å². The van der Waals surface area contributed by atoms with Crippen molar-refractivity contribution in [3.05, 3.63) is 18.2 Å². The van der Waals surface area contributed by atoms with Gasteiger partial charge in [-0.25, -0.2) is 4.68 Å². The fourth-order valence-corrected chi connectivity index (χ4v) is 2.42. The number of benzene rings is 1. The van der Waals surface area contributed by atoms with Gasteiger partial charge in [0.25, 0.3) is 0 Å². The van der Waals surface area contributed by atoms with Crippen molar-refractivity contribution in [3.8, 4) is 11.4 Å². The molecule has 1 aromatic heterocycles. The molecule has 0 amide bonds. The maximum absolute atomic E-state index is 5.82. The summed E-state index contributed by atoms with van der Waals surface area (Å²) in [5.74, 6) is 1.56. The average molecular weight is 258 g/mol. The van der Waals surface area contributed by atoms with Crippen molar-refractivity contribution >= 4 is 11.4 Å². The van der Waals surface area contributed by atoms with Gasteiger partial charge in [-0.15, -0.1) is 5.10 Å². The average Bonchev–Trinajstić information content (AvgIpc) is 3.02. The fourth-order valence-electron chi connectivity index (χ4n) is 2.42. The lowest BCUT2D eigenvalue weighted by molar-refractivity contribution is 0.430. The van der Waals surface area contributed by atoms with E-state index in [1.807, 2.05) is 16.8 Å². The molecule has 19 heavy (non-hydrogen) atoms. The maximum Gasteiger partial charge on any atom is 0.182 e. The third-order valence-corrected chi connectivity index (χ3v) is 3.52. The molecule has 100 valence electrons. The van der Waals surface area contributed by atoms with Crippen LogP contribution >= 0.6 is 0 Å². The second-order valence-electron chi connectivity index (χ2n) is 5.36. The Morgan fingerprint density at radius 2 is 1.95 bits per heavy atom. The summed E-state index contributed by atoms with van der Waals surface area (Å²) in [7, 11) is 0. The molecule has 1 aliphatic carbocycles. The van der Waals surface area contributed by atoms with Crippen molar-refractivity contribution in [1.82, 2.24) is 20.2 Å². The Bertz CT molecular complexity index is 566. The van der Waals surface area contributed by atoms with E-state index >= 15 is 0 Å². The van der Waals surface area contributed by atoms with Crippen molar-refractivity contribution in [3.63, 3.8) is 0 Å². The first-order valence-electron chi connectivity index (χ1n) is 6.58. The summed E-state index contributed by atoms with van der Waals surface area (Å²) in [6.07, 6.45) is 3.77. The zero-order valence-electron chi connectivity index (χ0n) is 11.0. The van der Waals surface area contributed by atoms with Crippen molar-refractivity contribution < 1.29 is 0 Å². The van der Waals surface area contributed by atoms with Crippen LogP contribution in [0.25, 0.3) is 11.4 Å². The SMILES string of the molecule is CC(CC1CC1)n1nnnc1-c1cc(N)cc(N)c1. The molecule has 6 heteroatoms. The standard InChI is InChI=1S/C13H18N6/c1-8(4-9-2-3-9)19-13(16-17-18-19)10-5-11(14)7-12(15)6-10/h5-9H,2-4,14-15H2,1H3. The minimum Gasteiger partial charge on any atom is -0.399 e. The maximum atomic E-state index is 5.82. The lowest BCUT2D eigenvalue weighted by atomic mass is 10.1. The Morgan fingerprint density at radius 3 is 2.58 bits per heavy atom. The third-order valence-electron chi connectivity index (χ3n) is 3.52. The quantitative estimate of drug-likeness (QED) is 0.816. The van der Waals surface area contributed by atoms with E-state index in [1.165, 1.54) is 12.8 Å². The summed E-state index contributed by atoms with van der Waals surface area (Å²) < 4.78 is 1.87. The molecular formula is C13H18N6. The number of anilines is 2. The van der Waals surface area contributed by atoms with Crippen LogP contribution in [0.5, 0.6) is 0 Å². The van der Waals surface area contributed by atoms with Crippen LogP contribution in [0.3, 0.4) is 0 Å². The number of hydrogen-bond donors (Lipinski definition) is 2. The number of tetrazole rings is 1.